The Balaban J connectivity index is 2.33. The highest BCUT2D eigenvalue weighted by Crippen LogP contribution is 2.06. The Kier molecular flexibility index (Phi) is 5.78. The van der Waals surface area contributed by atoms with Crippen molar-refractivity contribution in [3.63, 3.8) is 0 Å². The summed E-state index contributed by atoms with van der Waals surface area (Å²) in [6.07, 6.45) is 5.29. The van der Waals surface area contributed by atoms with Crippen LogP contribution in [0.1, 0.15) is 26.2 Å². The number of para-hydroxylation sites is 1. The highest BCUT2D eigenvalue weighted by Gasteiger charge is 1.93. The maximum atomic E-state index is 11.5. The van der Waals surface area contributed by atoms with Gasteiger partial charge in [0.05, 0.1) is 0 Å². The molecule has 0 aromatic heterocycles. The molecule has 0 spiro atoms. The smallest absolute Gasteiger partial charge is 0.142 e. The molecule has 0 amide bonds. The molecule has 0 aliphatic carbocycles. The predicted molar refractivity (Wildman–Crippen MR) is 66.9 cm³/mol. The first-order valence-corrected chi connectivity index (χ1v) is 6.43. The van der Waals surface area contributed by atoms with Crippen LogP contribution in [0, 0.1) is 0 Å². The van der Waals surface area contributed by atoms with Gasteiger partial charge in [0.1, 0.15) is 11.0 Å². The minimum Gasteiger partial charge on any atom is -0.302 e. The van der Waals surface area contributed by atoms with Crippen molar-refractivity contribution in [3.05, 3.63) is 41.8 Å². The Morgan fingerprint density at radius 1 is 1.33 bits per heavy atom. The number of allylic oxidation sites excluding steroid dienone is 1. The fraction of sp³-hybridized carbons (Fsp3) is 0.333. The molecular weight excluding hydrogens is 206 g/mol. The molecule has 1 atom stereocenters. The van der Waals surface area contributed by atoms with Crippen molar-refractivity contribution >= 4 is 16.7 Å². The molecule has 0 heterocycles. The number of unbranched alkanes of at least 4 members (excludes halogenated alkanes) is 2. The van der Waals surface area contributed by atoms with E-state index in [-0.39, 0.29) is 0 Å². The van der Waals surface area contributed by atoms with Crippen LogP contribution in [0.4, 0.5) is 5.69 Å². The number of nitrogens with one attached hydrogen (secondary N) is 1. The van der Waals surface area contributed by atoms with Gasteiger partial charge < -0.3 is 4.72 Å². The molecule has 1 rings (SSSR count). The molecule has 1 unspecified atom stereocenters. The van der Waals surface area contributed by atoms with E-state index in [1.165, 1.54) is 6.42 Å². The van der Waals surface area contributed by atoms with Crippen LogP contribution in [-0.2, 0) is 11.0 Å². The van der Waals surface area contributed by atoms with Gasteiger partial charge in [0, 0.05) is 11.1 Å². The predicted octanol–water partition coefficient (Wildman–Crippen LogP) is 3.47. The summed E-state index contributed by atoms with van der Waals surface area (Å²) in [5, 5.41) is 1.71. The minimum atomic E-state index is -1.11. The molecule has 1 aromatic carbocycles. The topological polar surface area (TPSA) is 29.1 Å². The molecule has 3 heteroatoms. The van der Waals surface area contributed by atoms with Crippen molar-refractivity contribution < 1.29 is 4.21 Å². The summed E-state index contributed by atoms with van der Waals surface area (Å²) in [6, 6.07) is 9.57. The number of hydrogen-bond acceptors (Lipinski definition) is 1. The highest BCUT2D eigenvalue weighted by molar-refractivity contribution is 7.89. The average molecular weight is 223 g/mol. The molecule has 1 aromatic rings. The minimum absolute atomic E-state index is 0.885. The summed E-state index contributed by atoms with van der Waals surface area (Å²) in [6.45, 7) is 2.15. The summed E-state index contributed by atoms with van der Waals surface area (Å²) in [4.78, 5) is 0. The van der Waals surface area contributed by atoms with Gasteiger partial charge in [-0.2, -0.15) is 0 Å². The molecule has 0 bridgehead atoms. The van der Waals surface area contributed by atoms with E-state index in [4.69, 9.17) is 0 Å². The van der Waals surface area contributed by atoms with Crippen LogP contribution in [0.5, 0.6) is 0 Å². The molecule has 2 nitrogen and oxygen atoms in total. The lowest BCUT2D eigenvalue weighted by Gasteiger charge is -2.00. The molecule has 0 fully saturated rings. The summed E-state index contributed by atoms with van der Waals surface area (Å²) < 4.78 is 14.4. The van der Waals surface area contributed by atoms with Gasteiger partial charge in [-0.25, -0.2) is 4.21 Å². The third kappa shape index (κ3) is 5.37. The monoisotopic (exact) mass is 223 g/mol. The highest BCUT2D eigenvalue weighted by atomic mass is 32.2. The van der Waals surface area contributed by atoms with Gasteiger partial charge in [-0.15, -0.1) is 0 Å². The van der Waals surface area contributed by atoms with E-state index in [0.717, 1.165) is 18.5 Å². The molecule has 0 saturated carbocycles. The summed E-state index contributed by atoms with van der Waals surface area (Å²) in [5.74, 6) is 0. The molecule has 82 valence electrons. The lowest BCUT2D eigenvalue weighted by atomic mass is 10.2. The number of hydrogen-bond donors (Lipinski definition) is 1. The van der Waals surface area contributed by atoms with Gasteiger partial charge in [-0.3, -0.25) is 0 Å². The van der Waals surface area contributed by atoms with Gasteiger partial charge in [-0.05, 0) is 18.6 Å². The fourth-order valence-electron chi connectivity index (χ4n) is 1.13. The van der Waals surface area contributed by atoms with Gasteiger partial charge in [0.25, 0.3) is 0 Å². The summed E-state index contributed by atoms with van der Waals surface area (Å²) >= 11 is 0. The van der Waals surface area contributed by atoms with Crippen LogP contribution < -0.4 is 4.72 Å². The second kappa shape index (κ2) is 7.23. The quantitative estimate of drug-likeness (QED) is 0.735. The number of anilines is 1. The van der Waals surface area contributed by atoms with Crippen LogP contribution in [0.15, 0.2) is 41.8 Å². The van der Waals surface area contributed by atoms with Crippen LogP contribution >= 0.6 is 0 Å². The van der Waals surface area contributed by atoms with E-state index in [0.29, 0.717) is 0 Å². The first-order chi connectivity index (χ1) is 7.33. The van der Waals surface area contributed by atoms with Crippen molar-refractivity contribution in [2.24, 2.45) is 0 Å². The Morgan fingerprint density at radius 3 is 2.73 bits per heavy atom. The lowest BCUT2D eigenvalue weighted by molar-refractivity contribution is 0.691. The molecule has 0 aliphatic heterocycles. The van der Waals surface area contributed by atoms with Crippen molar-refractivity contribution in [3.8, 4) is 0 Å². The van der Waals surface area contributed by atoms with Crippen LogP contribution in [0.2, 0.25) is 0 Å². The third-order valence-electron chi connectivity index (χ3n) is 1.94. The second-order valence-electron chi connectivity index (χ2n) is 3.28. The molecule has 15 heavy (non-hydrogen) atoms. The molecule has 0 saturated heterocycles. The molecular formula is C12H17NOS. The zero-order chi connectivity index (χ0) is 10.9. The van der Waals surface area contributed by atoms with Crippen LogP contribution in [0.25, 0.3) is 0 Å². The second-order valence-corrected chi connectivity index (χ2v) is 4.35. The Hall–Kier alpha value is -1.09. The summed E-state index contributed by atoms with van der Waals surface area (Å²) in [7, 11) is -1.11. The Labute approximate surface area is 94.0 Å². The van der Waals surface area contributed by atoms with E-state index in [9.17, 15) is 4.21 Å². The van der Waals surface area contributed by atoms with E-state index >= 15 is 0 Å². The molecule has 0 radical (unpaired) electrons. The third-order valence-corrected chi connectivity index (χ3v) is 2.81. The van der Waals surface area contributed by atoms with E-state index in [2.05, 4.69) is 11.6 Å². The van der Waals surface area contributed by atoms with Crippen LogP contribution in [0.3, 0.4) is 0 Å². The maximum Gasteiger partial charge on any atom is 0.142 e. The van der Waals surface area contributed by atoms with Gasteiger partial charge in [0.2, 0.25) is 0 Å². The lowest BCUT2D eigenvalue weighted by Crippen LogP contribution is -1.99. The first kappa shape index (κ1) is 12.0. The molecule has 1 N–H and O–H groups in total. The Bertz CT molecular complexity index is 322. The van der Waals surface area contributed by atoms with Crippen molar-refractivity contribution in [2.75, 3.05) is 4.72 Å². The average Bonchev–Trinajstić information content (AvgIpc) is 2.26. The number of benzene rings is 1. The van der Waals surface area contributed by atoms with E-state index in [1.54, 1.807) is 5.41 Å². The maximum absolute atomic E-state index is 11.5. The van der Waals surface area contributed by atoms with Crippen molar-refractivity contribution in [1.82, 2.24) is 0 Å². The SMILES string of the molecule is CCCC/C=C/S(=O)Nc1ccccc1. The normalized spacial score (nSPS) is 12.9. The van der Waals surface area contributed by atoms with Gasteiger partial charge >= 0.3 is 0 Å². The first-order valence-electron chi connectivity index (χ1n) is 5.22. The molecule has 0 aliphatic rings. The number of rotatable bonds is 6. The van der Waals surface area contributed by atoms with Gasteiger partial charge in [-0.1, -0.05) is 44.0 Å². The van der Waals surface area contributed by atoms with Crippen molar-refractivity contribution in [1.29, 1.82) is 0 Å². The van der Waals surface area contributed by atoms with E-state index in [1.807, 2.05) is 36.4 Å². The fourth-order valence-corrected chi connectivity index (χ4v) is 1.88. The van der Waals surface area contributed by atoms with Gasteiger partial charge in [0.15, 0.2) is 0 Å². The van der Waals surface area contributed by atoms with Crippen LogP contribution in [-0.4, -0.2) is 4.21 Å². The van der Waals surface area contributed by atoms with E-state index < -0.39 is 11.0 Å². The summed E-state index contributed by atoms with van der Waals surface area (Å²) in [5.41, 5.74) is 0.885. The zero-order valence-corrected chi connectivity index (χ0v) is 9.80. The largest absolute Gasteiger partial charge is 0.302 e. The zero-order valence-electron chi connectivity index (χ0n) is 8.98. The Morgan fingerprint density at radius 2 is 2.07 bits per heavy atom. The van der Waals surface area contributed by atoms with Crippen molar-refractivity contribution in [2.45, 2.75) is 26.2 Å². The standard InChI is InChI=1S/C12H17NOS/c1-2-3-4-8-11-15(14)13-12-9-6-5-7-10-12/h5-11,13H,2-4H2,1H3/b11-8+.